The van der Waals surface area contributed by atoms with Crippen molar-refractivity contribution in [2.24, 2.45) is 0 Å². The summed E-state index contributed by atoms with van der Waals surface area (Å²) in [6.07, 6.45) is 0. The third-order valence-electron chi connectivity index (χ3n) is 5.71. The fraction of sp³-hybridized carbons (Fsp3) is 0.500. The summed E-state index contributed by atoms with van der Waals surface area (Å²) in [5.74, 6) is 0.622. The molecule has 0 atom stereocenters. The van der Waals surface area contributed by atoms with Crippen LogP contribution in [0.4, 0.5) is 0 Å². The minimum absolute atomic E-state index is 0.225. The highest BCUT2D eigenvalue weighted by Crippen LogP contribution is 2.18. The van der Waals surface area contributed by atoms with Gasteiger partial charge in [0.2, 0.25) is 10.0 Å². The number of rotatable bonds is 12. The molecule has 0 radical (unpaired) electrons. The molecule has 0 unspecified atom stereocenters. The molecule has 176 valence electrons. The minimum atomic E-state index is -3.62. The van der Waals surface area contributed by atoms with Crippen LogP contribution >= 0.6 is 0 Å². The van der Waals surface area contributed by atoms with Crippen LogP contribution < -0.4 is 9.46 Å². The summed E-state index contributed by atoms with van der Waals surface area (Å²) in [6, 6.07) is 14.5. The van der Waals surface area contributed by atoms with Gasteiger partial charge in [0, 0.05) is 45.9 Å². The van der Waals surface area contributed by atoms with E-state index in [1.54, 1.807) is 24.3 Å². The number of hydrogen-bond acceptors (Lipinski definition) is 6. The van der Waals surface area contributed by atoms with Crippen molar-refractivity contribution in [3.63, 3.8) is 0 Å². The first-order valence-electron chi connectivity index (χ1n) is 11.3. The molecule has 1 heterocycles. The Bertz CT molecular complexity index is 927. The summed E-state index contributed by atoms with van der Waals surface area (Å²) in [7, 11) is -3.62. The molecular formula is C24H35N3O4S. The Morgan fingerprint density at radius 1 is 0.875 bits per heavy atom. The summed E-state index contributed by atoms with van der Waals surface area (Å²) >= 11 is 0. The lowest BCUT2D eigenvalue weighted by Crippen LogP contribution is -2.45. The molecule has 0 spiro atoms. The molecule has 1 N–H and O–H groups in total. The van der Waals surface area contributed by atoms with Crippen molar-refractivity contribution in [1.29, 1.82) is 0 Å². The summed E-state index contributed by atoms with van der Waals surface area (Å²) in [6.45, 7) is 12.1. The van der Waals surface area contributed by atoms with Crippen molar-refractivity contribution in [3.8, 4) is 5.75 Å². The second-order valence-corrected chi connectivity index (χ2v) is 9.59. The zero-order valence-electron chi connectivity index (χ0n) is 19.1. The number of hydrogen-bond donors (Lipinski definition) is 1. The average molecular weight is 462 g/mol. The van der Waals surface area contributed by atoms with Gasteiger partial charge < -0.3 is 14.4 Å². The number of nitrogens with one attached hydrogen (secondary N) is 1. The van der Waals surface area contributed by atoms with Gasteiger partial charge in [0.1, 0.15) is 12.4 Å². The second-order valence-electron chi connectivity index (χ2n) is 7.82. The normalized spacial score (nSPS) is 15.7. The molecule has 0 bridgehead atoms. The lowest BCUT2D eigenvalue weighted by atomic mass is 10.1. The average Bonchev–Trinajstić information content (AvgIpc) is 2.82. The fourth-order valence-electron chi connectivity index (χ4n) is 3.72. The standard InChI is InChI=1S/C24H35N3O4S/c1-3-26-13-15-27(16-14-26)20-22-8-6-5-7-21(22)19-25-32(28,29)24-11-9-23(10-12-24)31-18-17-30-4-2/h5-12,25H,3-4,13-20H2,1-2H3. The maximum Gasteiger partial charge on any atom is 0.240 e. The third-order valence-corrected chi connectivity index (χ3v) is 7.13. The molecule has 1 aliphatic heterocycles. The molecule has 0 amide bonds. The number of piperazine rings is 1. The summed E-state index contributed by atoms with van der Waals surface area (Å²) in [5.41, 5.74) is 2.17. The minimum Gasteiger partial charge on any atom is -0.491 e. The zero-order valence-corrected chi connectivity index (χ0v) is 19.9. The summed E-state index contributed by atoms with van der Waals surface area (Å²) < 4.78 is 39.1. The van der Waals surface area contributed by atoms with Gasteiger partial charge in [-0.05, 0) is 48.9 Å². The molecule has 3 rings (SSSR count). The Kier molecular flexibility index (Phi) is 9.50. The number of nitrogens with zero attached hydrogens (tertiary/aromatic N) is 2. The van der Waals surface area contributed by atoms with Crippen LogP contribution in [0.2, 0.25) is 0 Å². The maximum atomic E-state index is 12.8. The highest BCUT2D eigenvalue weighted by molar-refractivity contribution is 7.89. The van der Waals surface area contributed by atoms with E-state index in [1.165, 1.54) is 0 Å². The molecule has 0 saturated carbocycles. The molecule has 1 aliphatic rings. The Labute approximate surface area is 192 Å². The highest BCUT2D eigenvalue weighted by Gasteiger charge is 2.18. The van der Waals surface area contributed by atoms with Crippen LogP contribution in [0.15, 0.2) is 53.4 Å². The quantitative estimate of drug-likeness (QED) is 0.490. The molecule has 0 aliphatic carbocycles. The fourth-order valence-corrected chi connectivity index (χ4v) is 4.73. The van der Waals surface area contributed by atoms with Gasteiger partial charge in [-0.25, -0.2) is 13.1 Å². The van der Waals surface area contributed by atoms with Crippen LogP contribution in [0.3, 0.4) is 0 Å². The molecule has 1 saturated heterocycles. The van der Waals surface area contributed by atoms with Gasteiger partial charge in [-0.3, -0.25) is 4.90 Å². The van der Waals surface area contributed by atoms with E-state index < -0.39 is 10.0 Å². The van der Waals surface area contributed by atoms with Crippen molar-refractivity contribution >= 4 is 10.0 Å². The Hall–Kier alpha value is -1.97. The first kappa shape index (κ1) is 24.7. The smallest absolute Gasteiger partial charge is 0.240 e. The first-order chi connectivity index (χ1) is 15.5. The lowest BCUT2D eigenvalue weighted by molar-refractivity contribution is 0.110. The van der Waals surface area contributed by atoms with Crippen molar-refractivity contribution in [3.05, 3.63) is 59.7 Å². The molecule has 1 fully saturated rings. The first-order valence-corrected chi connectivity index (χ1v) is 12.8. The van der Waals surface area contributed by atoms with Crippen LogP contribution in [-0.2, 0) is 27.8 Å². The summed E-state index contributed by atoms with van der Waals surface area (Å²) in [4.78, 5) is 5.11. The number of likely N-dealkylation sites (N-methyl/N-ethyl adjacent to an activating group) is 1. The van der Waals surface area contributed by atoms with Gasteiger partial charge in [-0.1, -0.05) is 31.2 Å². The largest absolute Gasteiger partial charge is 0.491 e. The Morgan fingerprint density at radius 3 is 2.19 bits per heavy atom. The topological polar surface area (TPSA) is 71.1 Å². The number of ether oxygens (including phenoxy) is 2. The zero-order chi connectivity index (χ0) is 22.8. The Balaban J connectivity index is 1.56. The van der Waals surface area contributed by atoms with E-state index in [-0.39, 0.29) is 11.4 Å². The van der Waals surface area contributed by atoms with E-state index in [0.29, 0.717) is 25.6 Å². The van der Waals surface area contributed by atoms with Crippen molar-refractivity contribution < 1.29 is 17.9 Å². The van der Waals surface area contributed by atoms with Crippen molar-refractivity contribution in [2.45, 2.75) is 31.8 Å². The molecule has 8 heteroatoms. The van der Waals surface area contributed by atoms with E-state index in [4.69, 9.17) is 9.47 Å². The van der Waals surface area contributed by atoms with Gasteiger partial charge in [0.15, 0.2) is 0 Å². The molecule has 32 heavy (non-hydrogen) atoms. The molecule has 2 aromatic carbocycles. The molecular weight excluding hydrogens is 426 g/mol. The maximum absolute atomic E-state index is 12.8. The van der Waals surface area contributed by atoms with E-state index >= 15 is 0 Å². The van der Waals surface area contributed by atoms with Gasteiger partial charge in [0.25, 0.3) is 0 Å². The van der Waals surface area contributed by atoms with Gasteiger partial charge in [-0.2, -0.15) is 0 Å². The van der Waals surface area contributed by atoms with Crippen LogP contribution in [0.1, 0.15) is 25.0 Å². The summed E-state index contributed by atoms with van der Waals surface area (Å²) in [5, 5.41) is 0. The van der Waals surface area contributed by atoms with E-state index in [2.05, 4.69) is 27.5 Å². The third kappa shape index (κ3) is 7.28. The highest BCUT2D eigenvalue weighted by atomic mass is 32.2. The monoisotopic (exact) mass is 461 g/mol. The van der Waals surface area contributed by atoms with Gasteiger partial charge in [0.05, 0.1) is 11.5 Å². The predicted molar refractivity (Wildman–Crippen MR) is 126 cm³/mol. The van der Waals surface area contributed by atoms with Crippen LogP contribution in [0, 0.1) is 0 Å². The van der Waals surface area contributed by atoms with E-state index in [1.807, 2.05) is 25.1 Å². The molecule has 0 aromatic heterocycles. The second kappa shape index (κ2) is 12.3. The molecule has 2 aromatic rings. The number of sulfonamides is 1. The predicted octanol–water partition coefficient (Wildman–Crippen LogP) is 2.72. The lowest BCUT2D eigenvalue weighted by Gasteiger charge is -2.34. The van der Waals surface area contributed by atoms with Crippen LogP contribution in [0.5, 0.6) is 5.75 Å². The van der Waals surface area contributed by atoms with Crippen LogP contribution in [-0.4, -0.2) is 70.8 Å². The molecule has 7 nitrogen and oxygen atoms in total. The van der Waals surface area contributed by atoms with Crippen molar-refractivity contribution in [1.82, 2.24) is 14.5 Å². The SMILES string of the molecule is CCOCCOc1ccc(S(=O)(=O)NCc2ccccc2CN2CCN(CC)CC2)cc1. The van der Waals surface area contributed by atoms with Gasteiger partial charge in [-0.15, -0.1) is 0 Å². The van der Waals surface area contributed by atoms with Crippen LogP contribution in [0.25, 0.3) is 0 Å². The van der Waals surface area contributed by atoms with Gasteiger partial charge >= 0.3 is 0 Å². The van der Waals surface area contributed by atoms with Crippen molar-refractivity contribution in [2.75, 3.05) is 52.5 Å². The van der Waals surface area contributed by atoms with E-state index in [9.17, 15) is 8.42 Å². The van der Waals surface area contributed by atoms with E-state index in [0.717, 1.165) is 50.4 Å². The Morgan fingerprint density at radius 2 is 1.53 bits per heavy atom. The number of benzene rings is 2.